The largest absolute Gasteiger partial charge is 0.346 e. The van der Waals surface area contributed by atoms with E-state index in [1.54, 1.807) is 17.4 Å². The van der Waals surface area contributed by atoms with Gasteiger partial charge in [0.2, 0.25) is 0 Å². The highest BCUT2D eigenvalue weighted by atomic mass is 32.1. The van der Waals surface area contributed by atoms with E-state index < -0.39 is 0 Å². The summed E-state index contributed by atoms with van der Waals surface area (Å²) in [7, 11) is 0. The Morgan fingerprint density at radius 3 is 2.14 bits per heavy atom. The van der Waals surface area contributed by atoms with Crippen LogP contribution in [0.3, 0.4) is 0 Å². The molecule has 2 fully saturated rings. The van der Waals surface area contributed by atoms with Gasteiger partial charge >= 0.3 is 0 Å². The normalized spacial score (nSPS) is 20.6. The molecule has 2 aliphatic rings. The van der Waals surface area contributed by atoms with Crippen molar-refractivity contribution in [1.82, 2.24) is 0 Å². The molecule has 4 heterocycles. The number of hydrogen-bond acceptors (Lipinski definition) is 6. The maximum atomic E-state index is 13.2. The Kier molecular flexibility index (Phi) is 3.78. The molecule has 0 saturated carbocycles. The Hall–Kier alpha value is -0.830. The zero-order chi connectivity index (χ0) is 14.2. The van der Waals surface area contributed by atoms with E-state index in [-0.39, 0.29) is 17.7 Å². The van der Waals surface area contributed by atoms with Crippen LogP contribution in [0.15, 0.2) is 18.2 Å². The quantitative estimate of drug-likeness (QED) is 0.861. The number of halogens is 1. The lowest BCUT2D eigenvalue weighted by molar-refractivity contribution is -0.0613. The summed E-state index contributed by atoms with van der Waals surface area (Å²) in [4.78, 5) is 2.82. The number of rotatable bonds is 3. The average molecular weight is 328 g/mol. The first-order chi connectivity index (χ1) is 10.3. The molecule has 0 aliphatic carbocycles. The van der Waals surface area contributed by atoms with Gasteiger partial charge in [-0.05, 0) is 18.2 Å². The van der Waals surface area contributed by atoms with Crippen LogP contribution in [-0.4, -0.2) is 26.4 Å². The van der Waals surface area contributed by atoms with Gasteiger partial charge in [-0.1, -0.05) is 0 Å². The molecule has 2 saturated heterocycles. The van der Waals surface area contributed by atoms with Crippen LogP contribution in [0.25, 0.3) is 9.75 Å². The molecule has 2 aromatic heterocycles. The first-order valence-electron chi connectivity index (χ1n) is 6.67. The molecule has 21 heavy (non-hydrogen) atoms. The average Bonchev–Trinajstić information content (AvgIpc) is 3.25. The van der Waals surface area contributed by atoms with Crippen molar-refractivity contribution in [3.05, 3.63) is 33.8 Å². The SMILES string of the molecule is Fc1ccc(-c2cc(C3OCCO3)c(C3OCCO3)s2)s1. The lowest BCUT2D eigenvalue weighted by Gasteiger charge is -2.13. The molecule has 2 aliphatic heterocycles. The fourth-order valence-electron chi connectivity index (χ4n) is 2.40. The van der Waals surface area contributed by atoms with Crippen LogP contribution in [0, 0.1) is 5.13 Å². The topological polar surface area (TPSA) is 36.9 Å². The Bertz CT molecular complexity index is 593. The van der Waals surface area contributed by atoms with Gasteiger partial charge < -0.3 is 18.9 Å². The van der Waals surface area contributed by atoms with Crippen LogP contribution in [-0.2, 0) is 18.9 Å². The highest BCUT2D eigenvalue weighted by Crippen LogP contribution is 2.44. The summed E-state index contributed by atoms with van der Waals surface area (Å²) in [6.45, 7) is 2.32. The summed E-state index contributed by atoms with van der Waals surface area (Å²) in [6, 6.07) is 5.25. The van der Waals surface area contributed by atoms with Crippen LogP contribution in [0.1, 0.15) is 23.0 Å². The van der Waals surface area contributed by atoms with Crippen molar-refractivity contribution in [3.8, 4) is 9.75 Å². The van der Waals surface area contributed by atoms with Crippen LogP contribution >= 0.6 is 22.7 Å². The molecule has 0 bridgehead atoms. The molecule has 4 rings (SSSR count). The Balaban J connectivity index is 1.73. The van der Waals surface area contributed by atoms with Crippen LogP contribution in [0.5, 0.6) is 0 Å². The second kappa shape index (κ2) is 5.75. The van der Waals surface area contributed by atoms with Crippen molar-refractivity contribution in [2.75, 3.05) is 26.4 Å². The summed E-state index contributed by atoms with van der Waals surface area (Å²) in [6.07, 6.45) is -0.765. The summed E-state index contributed by atoms with van der Waals surface area (Å²) < 4.78 is 35.6. The fraction of sp³-hybridized carbons (Fsp3) is 0.429. The van der Waals surface area contributed by atoms with Crippen molar-refractivity contribution in [1.29, 1.82) is 0 Å². The summed E-state index contributed by atoms with van der Waals surface area (Å²) in [5.41, 5.74) is 0.924. The van der Waals surface area contributed by atoms with E-state index in [9.17, 15) is 4.39 Å². The molecule has 7 heteroatoms. The maximum absolute atomic E-state index is 13.2. The Labute approximate surface area is 129 Å². The number of hydrogen-bond donors (Lipinski definition) is 0. The monoisotopic (exact) mass is 328 g/mol. The molecule has 0 radical (unpaired) electrons. The third-order valence-corrected chi connectivity index (χ3v) is 5.56. The van der Waals surface area contributed by atoms with Gasteiger partial charge in [0, 0.05) is 15.3 Å². The molecular weight excluding hydrogens is 315 g/mol. The van der Waals surface area contributed by atoms with Crippen molar-refractivity contribution in [2.45, 2.75) is 12.6 Å². The predicted octanol–water partition coefficient (Wildman–Crippen LogP) is 3.71. The molecule has 0 N–H and O–H groups in total. The van der Waals surface area contributed by atoms with Gasteiger partial charge in [0.1, 0.15) is 0 Å². The van der Waals surface area contributed by atoms with Crippen molar-refractivity contribution in [2.24, 2.45) is 0 Å². The molecular formula is C14H13FO4S2. The number of thiophene rings is 2. The van der Waals surface area contributed by atoms with Crippen LogP contribution in [0.4, 0.5) is 4.39 Å². The highest BCUT2D eigenvalue weighted by molar-refractivity contribution is 7.21. The second-order valence-electron chi connectivity index (χ2n) is 4.68. The standard InChI is InChI=1S/C14H13FO4S2/c15-11-2-1-9(20-11)10-7-8(13-16-3-4-17-13)12(21-10)14-18-5-6-19-14/h1-2,7,13-14H,3-6H2. The first-order valence-corrected chi connectivity index (χ1v) is 8.30. The van der Waals surface area contributed by atoms with Gasteiger partial charge in [0.25, 0.3) is 0 Å². The molecule has 0 amide bonds. The lowest BCUT2D eigenvalue weighted by Crippen LogP contribution is -2.04. The van der Waals surface area contributed by atoms with Crippen LogP contribution < -0.4 is 0 Å². The molecule has 112 valence electrons. The van der Waals surface area contributed by atoms with E-state index in [0.717, 1.165) is 31.5 Å². The van der Waals surface area contributed by atoms with Crippen LogP contribution in [0.2, 0.25) is 0 Å². The summed E-state index contributed by atoms with van der Waals surface area (Å²) in [5.74, 6) is 0. The van der Waals surface area contributed by atoms with Gasteiger partial charge in [-0.2, -0.15) is 4.39 Å². The molecule has 4 nitrogen and oxygen atoms in total. The minimum Gasteiger partial charge on any atom is -0.346 e. The minimum absolute atomic E-state index is 0.191. The molecule has 0 atom stereocenters. The van der Waals surface area contributed by atoms with Gasteiger partial charge in [0.05, 0.1) is 31.3 Å². The van der Waals surface area contributed by atoms with Gasteiger partial charge in [-0.25, -0.2) is 0 Å². The smallest absolute Gasteiger partial charge is 0.193 e. The van der Waals surface area contributed by atoms with Gasteiger partial charge in [-0.15, -0.1) is 22.7 Å². The predicted molar refractivity (Wildman–Crippen MR) is 76.9 cm³/mol. The third-order valence-electron chi connectivity index (χ3n) is 3.32. The lowest BCUT2D eigenvalue weighted by atomic mass is 10.2. The first kappa shape index (κ1) is 13.8. The summed E-state index contributed by atoms with van der Waals surface area (Å²) >= 11 is 2.67. The second-order valence-corrected chi connectivity index (χ2v) is 6.80. The Morgan fingerprint density at radius 2 is 1.52 bits per heavy atom. The summed E-state index contributed by atoms with van der Waals surface area (Å²) in [5, 5.41) is -0.191. The van der Waals surface area contributed by atoms with Gasteiger partial charge in [-0.3, -0.25) is 0 Å². The molecule has 2 aromatic rings. The van der Waals surface area contributed by atoms with Gasteiger partial charge in [0.15, 0.2) is 17.7 Å². The zero-order valence-corrected chi connectivity index (χ0v) is 12.7. The van der Waals surface area contributed by atoms with E-state index in [2.05, 4.69) is 0 Å². The van der Waals surface area contributed by atoms with E-state index in [0.29, 0.717) is 26.4 Å². The van der Waals surface area contributed by atoms with E-state index in [1.165, 1.54) is 6.07 Å². The van der Waals surface area contributed by atoms with Crippen molar-refractivity contribution in [3.63, 3.8) is 0 Å². The van der Waals surface area contributed by atoms with Crippen molar-refractivity contribution >= 4 is 22.7 Å². The van der Waals surface area contributed by atoms with E-state index in [4.69, 9.17) is 18.9 Å². The highest BCUT2D eigenvalue weighted by Gasteiger charge is 2.31. The Morgan fingerprint density at radius 1 is 0.857 bits per heavy atom. The maximum Gasteiger partial charge on any atom is 0.193 e. The fourth-order valence-corrected chi connectivity index (χ4v) is 4.39. The number of ether oxygens (including phenoxy) is 4. The van der Waals surface area contributed by atoms with Crippen molar-refractivity contribution < 1.29 is 23.3 Å². The molecule has 0 aromatic carbocycles. The molecule has 0 unspecified atom stereocenters. The van der Waals surface area contributed by atoms with E-state index in [1.807, 2.05) is 6.07 Å². The minimum atomic E-state index is -0.386. The molecule has 0 spiro atoms. The third kappa shape index (κ3) is 2.65. The zero-order valence-electron chi connectivity index (χ0n) is 11.0. The van der Waals surface area contributed by atoms with E-state index >= 15 is 0 Å².